The summed E-state index contributed by atoms with van der Waals surface area (Å²) < 4.78 is 39.2. The van der Waals surface area contributed by atoms with Gasteiger partial charge in [0, 0.05) is 45.9 Å². The standard InChI is InChI=1S/C21H20F3N3OS/c1-13-12-17-18(29-13)6-9-25-19(17)27-10-7-14(8-11-27)20(28)26-16-4-2-15(3-5-16)21(22,23)24/h2-6,9,12,14H,7-8,10-11H2,1H3,(H,26,28). The highest BCUT2D eigenvalue weighted by Crippen LogP contribution is 2.34. The molecule has 0 unspecified atom stereocenters. The summed E-state index contributed by atoms with van der Waals surface area (Å²) in [4.78, 5) is 20.5. The molecule has 1 amide bonds. The van der Waals surface area contributed by atoms with Crippen LogP contribution in [0.4, 0.5) is 24.7 Å². The molecule has 0 spiro atoms. The van der Waals surface area contributed by atoms with Crippen LogP contribution in [0.2, 0.25) is 0 Å². The molecule has 0 radical (unpaired) electrons. The first kappa shape index (κ1) is 19.7. The number of carbonyl (C=O) groups excluding carboxylic acids is 1. The van der Waals surface area contributed by atoms with Crippen LogP contribution in [0, 0.1) is 12.8 Å². The van der Waals surface area contributed by atoms with Crippen LogP contribution in [0.5, 0.6) is 0 Å². The van der Waals surface area contributed by atoms with Gasteiger partial charge in [-0.15, -0.1) is 11.3 Å². The van der Waals surface area contributed by atoms with Crippen LogP contribution in [0.1, 0.15) is 23.3 Å². The summed E-state index contributed by atoms with van der Waals surface area (Å²) in [7, 11) is 0. The van der Waals surface area contributed by atoms with Crippen molar-refractivity contribution >= 4 is 38.8 Å². The minimum absolute atomic E-state index is 0.151. The lowest BCUT2D eigenvalue weighted by Gasteiger charge is -2.32. The predicted molar refractivity (Wildman–Crippen MR) is 109 cm³/mol. The molecule has 4 rings (SSSR count). The Morgan fingerprint density at radius 2 is 1.86 bits per heavy atom. The van der Waals surface area contributed by atoms with Crippen LogP contribution in [0.3, 0.4) is 0 Å². The van der Waals surface area contributed by atoms with E-state index in [2.05, 4.69) is 28.2 Å². The molecule has 1 aliphatic heterocycles. The Morgan fingerprint density at radius 3 is 2.52 bits per heavy atom. The van der Waals surface area contributed by atoms with Gasteiger partial charge in [0.25, 0.3) is 0 Å². The first-order valence-corrected chi connectivity index (χ1v) is 10.2. The summed E-state index contributed by atoms with van der Waals surface area (Å²) in [5.74, 6) is 0.632. The Hall–Kier alpha value is -2.61. The quantitative estimate of drug-likeness (QED) is 0.612. The molecule has 3 aromatic rings. The number of benzene rings is 1. The van der Waals surface area contributed by atoms with Crippen LogP contribution >= 0.6 is 11.3 Å². The highest BCUT2D eigenvalue weighted by molar-refractivity contribution is 7.19. The van der Waals surface area contributed by atoms with Crippen molar-refractivity contribution in [3.8, 4) is 0 Å². The van der Waals surface area contributed by atoms with Crippen molar-refractivity contribution in [3.63, 3.8) is 0 Å². The van der Waals surface area contributed by atoms with Gasteiger partial charge in [-0.1, -0.05) is 0 Å². The average Bonchev–Trinajstić information content (AvgIpc) is 3.08. The summed E-state index contributed by atoms with van der Waals surface area (Å²) >= 11 is 1.74. The van der Waals surface area contributed by atoms with Crippen molar-refractivity contribution < 1.29 is 18.0 Å². The molecular weight excluding hydrogens is 399 g/mol. The summed E-state index contributed by atoms with van der Waals surface area (Å²) in [5, 5.41) is 3.88. The zero-order valence-electron chi connectivity index (χ0n) is 15.8. The third-order valence-corrected chi connectivity index (χ3v) is 6.21. The van der Waals surface area contributed by atoms with Crippen molar-refractivity contribution in [1.29, 1.82) is 0 Å². The molecule has 1 saturated heterocycles. The van der Waals surface area contributed by atoms with Gasteiger partial charge in [-0.3, -0.25) is 4.79 Å². The number of halogens is 3. The largest absolute Gasteiger partial charge is 0.416 e. The van der Waals surface area contributed by atoms with Gasteiger partial charge in [-0.25, -0.2) is 4.98 Å². The molecule has 0 atom stereocenters. The molecule has 1 aromatic carbocycles. The normalized spacial score (nSPS) is 15.7. The molecule has 1 aliphatic rings. The number of pyridine rings is 1. The van der Waals surface area contributed by atoms with E-state index in [4.69, 9.17) is 0 Å². The number of nitrogens with zero attached hydrogens (tertiary/aromatic N) is 2. The van der Waals surface area contributed by atoms with Gasteiger partial charge < -0.3 is 10.2 Å². The monoisotopic (exact) mass is 419 g/mol. The fraction of sp³-hybridized carbons (Fsp3) is 0.333. The third-order valence-electron chi connectivity index (χ3n) is 5.19. The number of thiophene rings is 1. The fourth-order valence-electron chi connectivity index (χ4n) is 3.67. The van der Waals surface area contributed by atoms with Gasteiger partial charge in [-0.2, -0.15) is 13.2 Å². The Labute approximate surface area is 170 Å². The van der Waals surface area contributed by atoms with E-state index in [9.17, 15) is 18.0 Å². The Bertz CT molecular complexity index is 1020. The van der Waals surface area contributed by atoms with Gasteiger partial charge in [0.15, 0.2) is 0 Å². The SMILES string of the molecule is Cc1cc2c(N3CCC(C(=O)Nc4ccc(C(F)(F)F)cc4)CC3)nccc2s1. The summed E-state index contributed by atoms with van der Waals surface area (Å²) in [6.07, 6.45) is -1.22. The number of fused-ring (bicyclic) bond motifs is 1. The lowest BCUT2D eigenvalue weighted by molar-refractivity contribution is -0.137. The Kier molecular flexibility index (Phi) is 5.21. The van der Waals surface area contributed by atoms with Gasteiger partial charge >= 0.3 is 6.18 Å². The second kappa shape index (κ2) is 7.67. The number of anilines is 2. The maximum Gasteiger partial charge on any atom is 0.416 e. The molecule has 4 nitrogen and oxygen atoms in total. The molecule has 0 bridgehead atoms. The first-order valence-electron chi connectivity index (χ1n) is 9.39. The van der Waals surface area contributed by atoms with E-state index >= 15 is 0 Å². The Morgan fingerprint density at radius 1 is 1.17 bits per heavy atom. The molecular formula is C21H20F3N3OS. The predicted octanol–water partition coefficient (Wildman–Crippen LogP) is 5.48. The van der Waals surface area contributed by atoms with Gasteiger partial charge in [0.2, 0.25) is 5.91 Å². The van der Waals surface area contributed by atoms with E-state index < -0.39 is 11.7 Å². The number of amides is 1. The smallest absolute Gasteiger partial charge is 0.356 e. The van der Waals surface area contributed by atoms with Crippen molar-refractivity contribution in [2.24, 2.45) is 5.92 Å². The molecule has 2 aromatic heterocycles. The van der Waals surface area contributed by atoms with E-state index in [1.165, 1.54) is 21.7 Å². The van der Waals surface area contributed by atoms with Crippen LogP contribution in [-0.4, -0.2) is 24.0 Å². The highest BCUT2D eigenvalue weighted by Gasteiger charge is 2.30. The molecule has 8 heteroatoms. The molecule has 3 heterocycles. The summed E-state index contributed by atoms with van der Waals surface area (Å²) in [5.41, 5.74) is -0.347. The molecule has 0 saturated carbocycles. The van der Waals surface area contributed by atoms with Crippen molar-refractivity contribution in [3.05, 3.63) is 53.0 Å². The third kappa shape index (κ3) is 4.22. The van der Waals surface area contributed by atoms with E-state index in [1.54, 1.807) is 11.3 Å². The Balaban J connectivity index is 1.38. The van der Waals surface area contributed by atoms with Crippen LogP contribution in [0.15, 0.2) is 42.6 Å². The van der Waals surface area contributed by atoms with Gasteiger partial charge in [0.1, 0.15) is 5.82 Å². The molecule has 152 valence electrons. The number of aryl methyl sites for hydroxylation is 1. The number of nitrogens with one attached hydrogen (secondary N) is 1. The molecule has 1 fully saturated rings. The molecule has 1 N–H and O–H groups in total. The maximum atomic E-state index is 12.7. The van der Waals surface area contributed by atoms with Gasteiger partial charge in [-0.05, 0) is 56.2 Å². The topological polar surface area (TPSA) is 45.2 Å². The fourth-order valence-corrected chi connectivity index (χ4v) is 4.58. The van der Waals surface area contributed by atoms with Crippen molar-refractivity contribution in [2.75, 3.05) is 23.3 Å². The minimum Gasteiger partial charge on any atom is -0.356 e. The van der Waals surface area contributed by atoms with Crippen LogP contribution in [-0.2, 0) is 11.0 Å². The number of hydrogen-bond acceptors (Lipinski definition) is 4. The molecule has 0 aliphatic carbocycles. The van der Waals surface area contributed by atoms with E-state index in [1.807, 2.05) is 12.3 Å². The molecule has 29 heavy (non-hydrogen) atoms. The number of rotatable bonds is 3. The van der Waals surface area contributed by atoms with E-state index in [0.717, 1.165) is 23.3 Å². The lowest BCUT2D eigenvalue weighted by atomic mass is 9.95. The zero-order valence-corrected chi connectivity index (χ0v) is 16.6. The number of hydrogen-bond donors (Lipinski definition) is 1. The van der Waals surface area contributed by atoms with E-state index in [-0.39, 0.29) is 11.8 Å². The number of piperidine rings is 1. The average molecular weight is 419 g/mol. The van der Waals surface area contributed by atoms with Crippen LogP contribution in [0.25, 0.3) is 10.1 Å². The maximum absolute atomic E-state index is 12.7. The number of alkyl halides is 3. The summed E-state index contributed by atoms with van der Waals surface area (Å²) in [6.45, 7) is 3.50. The zero-order chi connectivity index (χ0) is 20.6. The number of aromatic nitrogens is 1. The van der Waals surface area contributed by atoms with Crippen LogP contribution < -0.4 is 10.2 Å². The summed E-state index contributed by atoms with van der Waals surface area (Å²) in [6, 6.07) is 8.70. The highest BCUT2D eigenvalue weighted by atomic mass is 32.1. The second-order valence-corrected chi connectivity index (χ2v) is 8.52. The van der Waals surface area contributed by atoms with E-state index in [0.29, 0.717) is 31.6 Å². The number of carbonyl (C=O) groups is 1. The lowest BCUT2D eigenvalue weighted by Crippen LogP contribution is -2.38. The van der Waals surface area contributed by atoms with Crippen molar-refractivity contribution in [2.45, 2.75) is 25.9 Å². The minimum atomic E-state index is -4.38. The van der Waals surface area contributed by atoms with Gasteiger partial charge in [0.05, 0.1) is 5.56 Å². The van der Waals surface area contributed by atoms with Crippen molar-refractivity contribution in [1.82, 2.24) is 4.98 Å². The second-order valence-electron chi connectivity index (χ2n) is 7.23. The first-order chi connectivity index (χ1) is 13.8.